The summed E-state index contributed by atoms with van der Waals surface area (Å²) >= 11 is 0. The van der Waals surface area contributed by atoms with Crippen LogP contribution >= 0.6 is 0 Å². The van der Waals surface area contributed by atoms with E-state index in [0.29, 0.717) is 23.5 Å². The maximum atomic E-state index is 13.1. The van der Waals surface area contributed by atoms with E-state index in [-0.39, 0.29) is 24.5 Å². The summed E-state index contributed by atoms with van der Waals surface area (Å²) in [4.78, 5) is 30.8. The summed E-state index contributed by atoms with van der Waals surface area (Å²) in [7, 11) is -3.47. The number of rotatable bonds is 6. The zero-order valence-corrected chi connectivity index (χ0v) is 18.0. The van der Waals surface area contributed by atoms with E-state index in [4.69, 9.17) is 5.73 Å². The van der Waals surface area contributed by atoms with Gasteiger partial charge < -0.3 is 10.6 Å². The van der Waals surface area contributed by atoms with Gasteiger partial charge in [-0.15, -0.1) is 0 Å². The van der Waals surface area contributed by atoms with Gasteiger partial charge in [0.05, 0.1) is 35.8 Å². The molecule has 2 heterocycles. The molecule has 1 aromatic heterocycles. The zero-order chi connectivity index (χ0) is 21.2. The van der Waals surface area contributed by atoms with Gasteiger partial charge in [0.1, 0.15) is 0 Å². The molecule has 0 radical (unpaired) electrons. The first kappa shape index (κ1) is 21.7. The maximum absolute atomic E-state index is 13.1. The minimum atomic E-state index is -3.47. The molecule has 1 unspecified atom stereocenters. The van der Waals surface area contributed by atoms with E-state index >= 15 is 0 Å². The van der Waals surface area contributed by atoms with Gasteiger partial charge in [-0.3, -0.25) is 14.6 Å². The van der Waals surface area contributed by atoms with Crippen LogP contribution in [0, 0.1) is 6.92 Å². The normalized spacial score (nSPS) is 20.9. The molecule has 1 aromatic rings. The summed E-state index contributed by atoms with van der Waals surface area (Å²) in [6.07, 6.45) is 7.48. The van der Waals surface area contributed by atoms with Gasteiger partial charge in [-0.2, -0.15) is 4.31 Å². The number of hydrogen-bond acceptors (Lipinski definition) is 5. The molecular formula is C20H30N4O4S. The second-order valence-electron chi connectivity index (χ2n) is 8.08. The van der Waals surface area contributed by atoms with Gasteiger partial charge in [0.25, 0.3) is 5.91 Å². The smallest absolute Gasteiger partial charge is 0.250 e. The van der Waals surface area contributed by atoms with Crippen LogP contribution in [0.3, 0.4) is 0 Å². The second kappa shape index (κ2) is 8.79. The fourth-order valence-electron chi connectivity index (χ4n) is 4.51. The predicted molar refractivity (Wildman–Crippen MR) is 110 cm³/mol. The van der Waals surface area contributed by atoms with Crippen molar-refractivity contribution in [2.24, 2.45) is 5.73 Å². The van der Waals surface area contributed by atoms with Gasteiger partial charge in [0.2, 0.25) is 15.9 Å². The van der Waals surface area contributed by atoms with Crippen molar-refractivity contribution in [3.63, 3.8) is 0 Å². The number of carbonyl (C=O) groups excluding carboxylic acids is 2. The first-order chi connectivity index (χ1) is 13.7. The molecule has 1 saturated carbocycles. The number of nitrogens with zero attached hydrogens (tertiary/aromatic N) is 3. The number of sulfonamides is 1. The molecule has 160 valence electrons. The molecule has 0 aromatic carbocycles. The van der Waals surface area contributed by atoms with E-state index in [2.05, 4.69) is 4.98 Å². The molecule has 8 nitrogen and oxygen atoms in total. The van der Waals surface area contributed by atoms with E-state index in [1.54, 1.807) is 24.0 Å². The van der Waals surface area contributed by atoms with Crippen LogP contribution in [0.4, 0.5) is 0 Å². The van der Waals surface area contributed by atoms with Crippen LogP contribution in [-0.2, 0) is 14.8 Å². The zero-order valence-electron chi connectivity index (χ0n) is 17.1. The number of primary amides is 1. The van der Waals surface area contributed by atoms with Crippen LogP contribution in [0.25, 0.3) is 0 Å². The molecule has 1 aliphatic heterocycles. The molecule has 2 aliphatic rings. The Labute approximate surface area is 172 Å². The number of aromatic nitrogens is 1. The lowest BCUT2D eigenvalue weighted by Crippen LogP contribution is -2.47. The average Bonchev–Trinajstić information content (AvgIpc) is 3.15. The Morgan fingerprint density at radius 2 is 1.86 bits per heavy atom. The molecule has 2 amide bonds. The fourth-order valence-corrected chi connectivity index (χ4v) is 5.61. The molecule has 3 rings (SSSR count). The predicted octanol–water partition coefficient (Wildman–Crippen LogP) is 1.75. The Bertz CT molecular complexity index is 880. The number of carbonyl (C=O) groups is 2. The summed E-state index contributed by atoms with van der Waals surface area (Å²) in [6.45, 7) is 2.17. The lowest BCUT2D eigenvalue weighted by Gasteiger charge is -2.34. The van der Waals surface area contributed by atoms with Crippen molar-refractivity contribution >= 4 is 21.8 Å². The summed E-state index contributed by atoms with van der Waals surface area (Å²) < 4.78 is 26.1. The van der Waals surface area contributed by atoms with Gasteiger partial charge >= 0.3 is 0 Å². The first-order valence-corrected chi connectivity index (χ1v) is 12.1. The minimum absolute atomic E-state index is 0.0982. The van der Waals surface area contributed by atoms with E-state index in [1.807, 2.05) is 0 Å². The van der Waals surface area contributed by atoms with Crippen molar-refractivity contribution in [3.05, 3.63) is 29.1 Å². The highest BCUT2D eigenvalue weighted by atomic mass is 32.2. The molecule has 0 spiro atoms. The fraction of sp³-hybridized carbons (Fsp3) is 0.650. The Morgan fingerprint density at radius 3 is 2.45 bits per heavy atom. The number of hydrogen-bond donors (Lipinski definition) is 1. The SMILES string of the molecule is Cc1nc(C2CCCN2C(=O)CN(C2CCCCC2)S(C)(=O)=O)ccc1C(N)=O. The molecule has 0 bridgehead atoms. The van der Waals surface area contributed by atoms with Gasteiger partial charge in [0, 0.05) is 12.6 Å². The maximum Gasteiger partial charge on any atom is 0.250 e. The van der Waals surface area contributed by atoms with Gasteiger partial charge in [-0.1, -0.05) is 19.3 Å². The molecule has 9 heteroatoms. The Balaban J connectivity index is 1.78. The van der Waals surface area contributed by atoms with Gasteiger partial charge in [-0.25, -0.2) is 8.42 Å². The summed E-state index contributed by atoms with van der Waals surface area (Å²) in [5.41, 5.74) is 6.97. The lowest BCUT2D eigenvalue weighted by atomic mass is 9.95. The Morgan fingerprint density at radius 1 is 1.17 bits per heavy atom. The number of aryl methyl sites for hydroxylation is 1. The van der Waals surface area contributed by atoms with Crippen molar-refractivity contribution in [1.29, 1.82) is 0 Å². The van der Waals surface area contributed by atoms with Crippen molar-refractivity contribution in [2.75, 3.05) is 19.3 Å². The number of amides is 2. The third-order valence-electron chi connectivity index (χ3n) is 5.99. The van der Waals surface area contributed by atoms with E-state index in [1.165, 1.54) is 10.6 Å². The summed E-state index contributed by atoms with van der Waals surface area (Å²) in [5, 5.41) is 0. The molecule has 2 N–H and O–H groups in total. The van der Waals surface area contributed by atoms with Crippen molar-refractivity contribution in [2.45, 2.75) is 64.0 Å². The van der Waals surface area contributed by atoms with Crippen LogP contribution in [0.2, 0.25) is 0 Å². The van der Waals surface area contributed by atoms with Crippen LogP contribution in [0.5, 0.6) is 0 Å². The van der Waals surface area contributed by atoms with Crippen LogP contribution in [0.1, 0.15) is 72.7 Å². The highest BCUT2D eigenvalue weighted by molar-refractivity contribution is 7.88. The van der Waals surface area contributed by atoms with Crippen LogP contribution < -0.4 is 5.73 Å². The number of nitrogens with two attached hydrogens (primary N) is 1. The third-order valence-corrected chi connectivity index (χ3v) is 7.27. The van der Waals surface area contributed by atoms with Crippen molar-refractivity contribution in [1.82, 2.24) is 14.2 Å². The van der Waals surface area contributed by atoms with Crippen LogP contribution in [0.15, 0.2) is 12.1 Å². The Kier molecular flexibility index (Phi) is 6.58. The van der Waals surface area contributed by atoms with Gasteiger partial charge in [0.15, 0.2) is 0 Å². The minimum Gasteiger partial charge on any atom is -0.366 e. The molecule has 29 heavy (non-hydrogen) atoms. The van der Waals surface area contributed by atoms with E-state index < -0.39 is 15.9 Å². The number of likely N-dealkylation sites (tertiary alicyclic amines) is 1. The Hall–Kier alpha value is -2.00. The topological polar surface area (TPSA) is 114 Å². The average molecular weight is 423 g/mol. The largest absolute Gasteiger partial charge is 0.366 e. The van der Waals surface area contributed by atoms with E-state index in [0.717, 1.165) is 44.9 Å². The molecular weight excluding hydrogens is 392 g/mol. The molecule has 2 fully saturated rings. The monoisotopic (exact) mass is 422 g/mol. The highest BCUT2D eigenvalue weighted by Crippen LogP contribution is 2.32. The van der Waals surface area contributed by atoms with Crippen molar-refractivity contribution < 1.29 is 18.0 Å². The van der Waals surface area contributed by atoms with Gasteiger partial charge in [-0.05, 0) is 44.7 Å². The highest BCUT2D eigenvalue weighted by Gasteiger charge is 2.36. The molecule has 1 aliphatic carbocycles. The summed E-state index contributed by atoms with van der Waals surface area (Å²) in [5.74, 6) is -0.723. The number of pyridine rings is 1. The molecule has 1 atom stereocenters. The first-order valence-electron chi connectivity index (χ1n) is 10.2. The lowest BCUT2D eigenvalue weighted by molar-refractivity contribution is -0.132. The molecule has 1 saturated heterocycles. The van der Waals surface area contributed by atoms with E-state index in [9.17, 15) is 18.0 Å². The summed E-state index contributed by atoms with van der Waals surface area (Å²) in [6, 6.07) is 3.07. The van der Waals surface area contributed by atoms with Crippen molar-refractivity contribution in [3.8, 4) is 0 Å². The second-order valence-corrected chi connectivity index (χ2v) is 10.0. The quantitative estimate of drug-likeness (QED) is 0.750. The third kappa shape index (κ3) is 4.95. The standard InChI is InChI=1S/C20H30N4O4S/c1-14-16(20(21)26)10-11-17(22-14)18-9-6-12-23(18)19(25)13-24(29(2,27)28)15-7-4-3-5-8-15/h10-11,15,18H,3-9,12-13H2,1-2H3,(H2,21,26). The van der Waals surface area contributed by atoms with Crippen LogP contribution in [-0.4, -0.2) is 59.8 Å².